The van der Waals surface area contributed by atoms with Crippen molar-refractivity contribution in [3.63, 3.8) is 0 Å². The number of para-hydroxylation sites is 2. The summed E-state index contributed by atoms with van der Waals surface area (Å²) >= 11 is 0. The smallest absolute Gasteiger partial charge is 0.220 e. The molecule has 10 heteroatoms. The van der Waals surface area contributed by atoms with Crippen LogP contribution >= 0.6 is 0 Å². The maximum absolute atomic E-state index is 7.77. The summed E-state index contributed by atoms with van der Waals surface area (Å²) in [7, 11) is 8.41. The number of hydrogen-bond acceptors (Lipinski definition) is 0. The Hall–Kier alpha value is -14.6. The molecule has 0 N–H and O–H groups in total. The van der Waals surface area contributed by atoms with Crippen LogP contribution in [0.3, 0.4) is 0 Å². The fourth-order valence-corrected chi connectivity index (χ4v) is 17.4. The molecule has 10 nitrogen and oxygen atoms in total. The lowest BCUT2D eigenvalue weighted by atomic mass is 9.83. The summed E-state index contributed by atoms with van der Waals surface area (Å²) in [6, 6.07) is 105. The lowest BCUT2D eigenvalue weighted by Gasteiger charge is -2.22. The number of pyridine rings is 8. The first-order valence-electron chi connectivity index (χ1n) is 41.1. The van der Waals surface area contributed by atoms with Crippen LogP contribution in [-0.2, 0) is 33.6 Å². The van der Waals surface area contributed by atoms with Gasteiger partial charge in [0.15, 0.2) is 71.3 Å². The number of aryl methyl sites for hydroxylation is 8. The summed E-state index contributed by atoms with van der Waals surface area (Å²) in [4.78, 5) is 7.58. The molecule has 0 aliphatic rings. The molecule has 0 unspecified atom stereocenters. The Labute approximate surface area is 704 Å². The van der Waals surface area contributed by atoms with Crippen LogP contribution in [0.1, 0.15) is 71.4 Å². The van der Waals surface area contributed by atoms with Crippen molar-refractivity contribution in [1.82, 2.24) is 0 Å². The van der Waals surface area contributed by atoms with Crippen molar-refractivity contribution in [2.24, 2.45) is 28.2 Å². The molecular weight excluding hydrogens is 1460 g/mol. The molecule has 0 spiro atoms. The van der Waals surface area contributed by atoms with Gasteiger partial charge in [-0.25, -0.2) is 28.0 Å². The number of benzene rings is 11. The molecule has 11 aromatic carbocycles. The second-order valence-corrected chi connectivity index (χ2v) is 32.7. The summed E-state index contributed by atoms with van der Waals surface area (Å²) in [5.41, 5.74) is 28.7. The normalized spacial score (nSPS) is 11.3. The predicted molar refractivity (Wildman–Crippen MR) is 490 cm³/mol. The molecule has 582 valence electrons. The average molecular weight is 1560 g/mol. The average Bonchev–Trinajstić information content (AvgIpc) is 0.855. The van der Waals surface area contributed by atoms with Crippen LogP contribution in [0, 0.1) is 68.5 Å². The first kappa shape index (κ1) is 79.3. The molecule has 19 rings (SSSR count). The molecule has 0 bridgehead atoms. The van der Waals surface area contributed by atoms with Crippen LogP contribution < -0.4 is 36.5 Å². The van der Waals surface area contributed by atoms with Gasteiger partial charge in [-0.3, -0.25) is 0 Å². The Morgan fingerprint density at radius 2 is 0.625 bits per heavy atom. The molecule has 0 aliphatic carbocycles. The lowest BCUT2D eigenvalue weighted by Crippen LogP contribution is -2.37. The minimum atomic E-state index is 0.0272. The van der Waals surface area contributed by atoms with E-state index < -0.39 is 0 Å². The Bertz CT molecular complexity index is 7180. The Kier molecular flexibility index (Phi) is 21.9. The van der Waals surface area contributed by atoms with E-state index in [-0.39, 0.29) is 5.41 Å². The van der Waals surface area contributed by atoms with Gasteiger partial charge in [0.2, 0.25) is 56.6 Å². The van der Waals surface area contributed by atoms with Gasteiger partial charge >= 0.3 is 0 Å². The van der Waals surface area contributed by atoms with Crippen LogP contribution in [0.15, 0.2) is 334 Å². The first-order valence-corrected chi connectivity index (χ1v) is 41.1. The van der Waals surface area contributed by atoms with E-state index in [0.29, 0.717) is 11.4 Å². The van der Waals surface area contributed by atoms with E-state index >= 15 is 0 Å². The fraction of sp³-hybridized carbons (Fsp3) is 0.145. The summed E-state index contributed by atoms with van der Waals surface area (Å²) in [6.45, 7) is 39.7. The fourth-order valence-electron chi connectivity index (χ4n) is 17.4. The molecule has 0 radical (unpaired) electrons. The van der Waals surface area contributed by atoms with Crippen molar-refractivity contribution in [2.45, 2.75) is 81.6 Å². The van der Waals surface area contributed by atoms with E-state index in [1.54, 1.807) is 0 Å². The molecule has 0 saturated carbocycles. The predicted octanol–water partition coefficient (Wildman–Crippen LogP) is 22.8. The van der Waals surface area contributed by atoms with Crippen LogP contribution in [-0.4, -0.2) is 0 Å². The van der Waals surface area contributed by atoms with Crippen molar-refractivity contribution in [3.05, 3.63) is 408 Å². The largest absolute Gasteiger partial charge is 0.238 e. The third-order valence-corrected chi connectivity index (χ3v) is 23.9. The zero-order valence-corrected chi connectivity index (χ0v) is 71.2. The summed E-state index contributed by atoms with van der Waals surface area (Å²) in [5, 5.41) is 14.8. The maximum atomic E-state index is 7.77. The third-order valence-electron chi connectivity index (χ3n) is 23.9. The lowest BCUT2D eigenvalue weighted by molar-refractivity contribution is -0.659. The van der Waals surface area contributed by atoms with Gasteiger partial charge in [0.25, 0.3) is 0 Å². The molecule has 0 amide bonds. The van der Waals surface area contributed by atoms with Crippen molar-refractivity contribution >= 4 is 87.0 Å². The van der Waals surface area contributed by atoms with Gasteiger partial charge in [0, 0.05) is 168 Å². The second kappa shape index (κ2) is 33.2. The van der Waals surface area contributed by atoms with Crippen LogP contribution in [0.25, 0.3) is 153 Å². The summed E-state index contributed by atoms with van der Waals surface area (Å²) in [5.74, 6) is 0. The molecule has 0 atom stereocenters. The zero-order chi connectivity index (χ0) is 83.8. The highest BCUT2D eigenvalue weighted by Crippen LogP contribution is 2.39. The van der Waals surface area contributed by atoms with E-state index in [4.69, 9.17) is 13.1 Å². The van der Waals surface area contributed by atoms with Crippen molar-refractivity contribution in [2.75, 3.05) is 0 Å². The quantitative estimate of drug-likeness (QED) is 0.107. The molecule has 8 aromatic heterocycles. The van der Waals surface area contributed by atoms with E-state index in [1.807, 2.05) is 36.4 Å². The third kappa shape index (κ3) is 15.2. The summed E-state index contributed by atoms with van der Waals surface area (Å²) in [6.07, 6.45) is 12.8. The molecule has 8 heterocycles. The molecule has 0 fully saturated rings. The van der Waals surface area contributed by atoms with Gasteiger partial charge in [-0.2, -0.15) is 18.3 Å². The molecule has 0 aliphatic heterocycles. The van der Waals surface area contributed by atoms with Gasteiger partial charge < -0.3 is 0 Å². The molecule has 19 aromatic rings. The Morgan fingerprint density at radius 3 is 1.07 bits per heavy atom. The van der Waals surface area contributed by atoms with Gasteiger partial charge in [-0.15, -0.1) is 0 Å². The zero-order valence-electron chi connectivity index (χ0n) is 71.2. The van der Waals surface area contributed by atoms with Crippen LogP contribution in [0.2, 0.25) is 0 Å². The molecule has 0 saturated heterocycles. The van der Waals surface area contributed by atoms with Crippen LogP contribution in [0.4, 0.5) is 11.4 Å². The van der Waals surface area contributed by atoms with Crippen molar-refractivity contribution in [1.29, 1.82) is 0 Å². The topological polar surface area (TPSA) is 39.8 Å². The van der Waals surface area contributed by atoms with E-state index in [2.05, 4.69) is 449 Å². The monoisotopic (exact) mass is 1560 g/mol. The van der Waals surface area contributed by atoms with Gasteiger partial charge in [0.1, 0.15) is 28.2 Å². The first-order chi connectivity index (χ1) is 58.1. The Balaban J connectivity index is 0.000000119. The minimum Gasteiger partial charge on any atom is -0.238 e. The van der Waals surface area contributed by atoms with Crippen molar-refractivity contribution in [3.8, 4) is 67.8 Å². The second-order valence-electron chi connectivity index (χ2n) is 32.7. The highest BCUT2D eigenvalue weighted by molar-refractivity contribution is 5.98. The number of hydrogen-bond donors (Lipinski definition) is 0. The SMILES string of the molecule is Cc1c(-c2c3ccccc3cc[n+]2C)cc(C(C)(C)C)cc1-[n+]1c(C)ccc2ccccc21.Cc1c(-c2c3ccccc3cc[n+]2C)cccc1-[n+]1cc2ccccc2cc1C.[C-]#[N+]c1cc(-c2c3ccccc3cc[n+]2C)c(C)c(-[n+]2c(C)ccc3ccccc32)c1.[C-]#[N+]c1cc(-c2c3ccccc3cc[n+]2C)c(C)c(-[n+]2ccccc2C)c1. The van der Waals surface area contributed by atoms with Gasteiger partial charge in [0.05, 0.1) is 45.8 Å². The number of nitrogens with zero attached hydrogens (tertiary/aromatic N) is 10. The molecule has 120 heavy (non-hydrogen) atoms. The number of aromatic nitrogens is 8. The van der Waals surface area contributed by atoms with Gasteiger partial charge in [-0.1, -0.05) is 148 Å². The standard InChI is InChI=1S/C31H32N2.C28H23N3.C27H24N2.C24H21N3/c1-21-15-16-24-12-8-10-14-28(24)33(21)29-20-25(31(3,4)5)19-27(22(29)2)30-26-13-9-7-11-23(26)17-18-32(30)6;1-19-13-14-22-10-6-8-12-26(22)31(19)27-18-23(29-3)17-25(20(27)2)28-24-11-7-5-9-21(24)15-16-30(28)4;1-19-17-22-10-4-5-11-23(22)18-29(19)26-14-8-13-24(20(26)2)27-25-12-7-6-9-21(25)15-16-28(27)3;1-17-9-7-8-13-27(17)23-16-20(25-3)15-22(18(23)2)24-21-11-6-5-10-19(21)12-14-26(24)4/h7-20H,1-6H3;5-18H,1-2,4H3;4-18H,1-3H3;5-16H,1-2,4H3/q4*+2. The minimum absolute atomic E-state index is 0.0272. The highest BCUT2D eigenvalue weighted by Gasteiger charge is 2.32. The maximum Gasteiger partial charge on any atom is 0.220 e. The van der Waals surface area contributed by atoms with E-state index in [1.165, 1.54) is 132 Å². The highest BCUT2D eigenvalue weighted by atomic mass is 15.0. The van der Waals surface area contributed by atoms with E-state index in [0.717, 1.165) is 61.9 Å². The summed E-state index contributed by atoms with van der Waals surface area (Å²) < 4.78 is 18.0. The molecular formula is C110H100N10+8. The number of fused-ring (bicyclic) bond motifs is 7. The van der Waals surface area contributed by atoms with Gasteiger partial charge in [-0.05, 0) is 144 Å². The van der Waals surface area contributed by atoms with Crippen LogP contribution in [0.5, 0.6) is 0 Å². The number of rotatable bonds is 8. The van der Waals surface area contributed by atoms with Crippen molar-refractivity contribution < 1.29 is 36.5 Å². The van der Waals surface area contributed by atoms with E-state index in [9.17, 15) is 0 Å². The Morgan fingerprint density at radius 1 is 0.258 bits per heavy atom.